The largest absolute Gasteiger partial charge is 0.496 e. The first-order chi connectivity index (χ1) is 16.9. The Balaban J connectivity index is 0.000000289. The lowest BCUT2D eigenvalue weighted by Crippen LogP contribution is -2.32. The van der Waals surface area contributed by atoms with Crippen LogP contribution in [-0.4, -0.2) is 42.3 Å². The smallest absolute Gasteiger partial charge is 0.488 e. The first-order valence-corrected chi connectivity index (χ1v) is 12.1. The maximum atomic E-state index is 11.3. The molecule has 10 heteroatoms. The summed E-state index contributed by atoms with van der Waals surface area (Å²) < 4.78 is 16.1. The summed E-state index contributed by atoms with van der Waals surface area (Å²) in [4.78, 5) is 11.3. The number of carbonyl (C=O) groups is 1. The molecule has 2 N–H and O–H groups in total. The standard InChI is InChI=1S/C13H15NO2.C9H13BO3.C4H4INO/c1-8-6-13(16-4)9(2)5-11(8)12(7-14)10(3)15;1-6-5-9(13-3)7(2)4-8(6)10(11)12;1-3-4(5)2-6-7-3/h5-6,12H,1-4H3;4-5,11-12H,1-3H3;2H,1H3. The summed E-state index contributed by atoms with van der Waals surface area (Å²) in [5.74, 6) is 1.63. The van der Waals surface area contributed by atoms with Gasteiger partial charge in [-0.1, -0.05) is 17.3 Å². The molecule has 2 aromatic carbocycles. The second-order valence-electron chi connectivity index (χ2n) is 8.13. The topological polar surface area (TPSA) is 126 Å². The zero-order chi connectivity index (χ0) is 27.6. The molecule has 0 saturated carbocycles. The van der Waals surface area contributed by atoms with E-state index < -0.39 is 13.0 Å². The Bertz CT molecular complexity index is 1200. The number of hydrogen-bond acceptors (Lipinski definition) is 8. The minimum Gasteiger partial charge on any atom is -0.496 e. The van der Waals surface area contributed by atoms with Crippen LogP contribution in [0.3, 0.4) is 0 Å². The minimum absolute atomic E-state index is 0.129. The fourth-order valence-electron chi connectivity index (χ4n) is 3.32. The van der Waals surface area contributed by atoms with Crippen molar-refractivity contribution >= 4 is 41.0 Å². The summed E-state index contributed by atoms with van der Waals surface area (Å²) in [6.45, 7) is 10.8. The Morgan fingerprint density at radius 1 is 1.00 bits per heavy atom. The van der Waals surface area contributed by atoms with Gasteiger partial charge in [-0.25, -0.2) is 0 Å². The number of aryl methyl sites for hydroxylation is 5. The molecule has 0 aliphatic heterocycles. The van der Waals surface area contributed by atoms with Crippen molar-refractivity contribution in [1.82, 2.24) is 5.16 Å². The van der Waals surface area contributed by atoms with E-state index in [4.69, 9.17) is 29.3 Å². The summed E-state index contributed by atoms with van der Waals surface area (Å²) in [5.41, 5.74) is 4.86. The van der Waals surface area contributed by atoms with Crippen LogP contribution in [0.1, 0.15) is 46.4 Å². The normalized spacial score (nSPS) is 10.6. The van der Waals surface area contributed by atoms with Crippen molar-refractivity contribution in [1.29, 1.82) is 5.26 Å². The Labute approximate surface area is 226 Å². The molecule has 0 amide bonds. The van der Waals surface area contributed by atoms with Gasteiger partial charge in [-0.2, -0.15) is 5.26 Å². The van der Waals surface area contributed by atoms with E-state index in [1.165, 1.54) is 6.92 Å². The quantitative estimate of drug-likeness (QED) is 0.329. The van der Waals surface area contributed by atoms with E-state index in [9.17, 15) is 4.79 Å². The number of ether oxygens (including phenoxy) is 2. The number of rotatable bonds is 5. The highest BCUT2D eigenvalue weighted by atomic mass is 127. The van der Waals surface area contributed by atoms with Gasteiger partial charge < -0.3 is 24.0 Å². The van der Waals surface area contributed by atoms with Crippen molar-refractivity contribution in [3.8, 4) is 17.6 Å². The van der Waals surface area contributed by atoms with Crippen LogP contribution in [0.15, 0.2) is 35.0 Å². The molecule has 3 rings (SSSR count). The van der Waals surface area contributed by atoms with Gasteiger partial charge in [-0.05, 0) is 110 Å². The lowest BCUT2D eigenvalue weighted by atomic mass is 9.76. The number of nitrogens with zero attached hydrogens (tertiary/aromatic N) is 2. The number of carbonyl (C=O) groups excluding carboxylic acids is 1. The van der Waals surface area contributed by atoms with Crippen molar-refractivity contribution in [2.75, 3.05) is 14.2 Å². The average molecular weight is 606 g/mol. The Hall–Kier alpha value is -2.88. The molecule has 8 nitrogen and oxygen atoms in total. The van der Waals surface area contributed by atoms with Crippen molar-refractivity contribution in [2.45, 2.75) is 47.5 Å². The van der Waals surface area contributed by atoms with Gasteiger partial charge in [-0.3, -0.25) is 4.79 Å². The molecule has 0 aliphatic rings. The number of aromatic nitrogens is 1. The van der Waals surface area contributed by atoms with Gasteiger partial charge in [0, 0.05) is 0 Å². The zero-order valence-corrected chi connectivity index (χ0v) is 24.0. The summed E-state index contributed by atoms with van der Waals surface area (Å²) in [7, 11) is 1.79. The van der Waals surface area contributed by atoms with E-state index in [1.54, 1.807) is 32.5 Å². The van der Waals surface area contributed by atoms with Crippen molar-refractivity contribution in [2.24, 2.45) is 0 Å². The predicted molar refractivity (Wildman–Crippen MR) is 148 cm³/mol. The third kappa shape index (κ3) is 8.66. The first kappa shape index (κ1) is 31.2. The second kappa shape index (κ2) is 14.6. The molecule has 0 bridgehead atoms. The molecule has 36 heavy (non-hydrogen) atoms. The average Bonchev–Trinajstić information content (AvgIpc) is 3.20. The lowest BCUT2D eigenvalue weighted by Gasteiger charge is -2.13. The van der Waals surface area contributed by atoms with Crippen LogP contribution in [0.4, 0.5) is 0 Å². The van der Waals surface area contributed by atoms with E-state index >= 15 is 0 Å². The number of halogens is 1. The van der Waals surface area contributed by atoms with Gasteiger partial charge >= 0.3 is 7.12 Å². The van der Waals surface area contributed by atoms with Crippen LogP contribution >= 0.6 is 22.6 Å². The third-order valence-electron chi connectivity index (χ3n) is 5.38. The maximum Gasteiger partial charge on any atom is 0.488 e. The van der Waals surface area contributed by atoms with Crippen molar-refractivity contribution in [3.63, 3.8) is 0 Å². The minimum atomic E-state index is -1.41. The lowest BCUT2D eigenvalue weighted by molar-refractivity contribution is -0.117. The molecule has 192 valence electrons. The van der Waals surface area contributed by atoms with E-state index in [0.29, 0.717) is 5.46 Å². The van der Waals surface area contributed by atoms with Gasteiger partial charge in [-0.15, -0.1) is 0 Å². The summed E-state index contributed by atoms with van der Waals surface area (Å²) in [6.07, 6.45) is 1.69. The number of nitriles is 1. The third-order valence-corrected chi connectivity index (χ3v) is 6.42. The first-order valence-electron chi connectivity index (χ1n) is 11.0. The highest BCUT2D eigenvalue weighted by Gasteiger charge is 2.19. The second-order valence-corrected chi connectivity index (χ2v) is 9.30. The molecule has 1 aromatic heterocycles. The van der Waals surface area contributed by atoms with Gasteiger partial charge in [0.15, 0.2) is 5.78 Å². The van der Waals surface area contributed by atoms with Crippen LogP contribution < -0.4 is 14.9 Å². The molecular weight excluding hydrogens is 574 g/mol. The number of ketones is 1. The summed E-state index contributed by atoms with van der Waals surface area (Å²) >= 11 is 2.16. The molecule has 3 aromatic rings. The fourth-order valence-corrected chi connectivity index (χ4v) is 3.53. The molecule has 1 atom stereocenters. The SMILES string of the molecule is COc1cc(C)c(B(O)O)cc1C.COc1cc(C)c(C(C#N)C(C)=O)cc1C.Cc1oncc1I. The van der Waals surface area contributed by atoms with Crippen LogP contribution in [0, 0.1) is 49.5 Å². The van der Waals surface area contributed by atoms with Gasteiger partial charge in [0.1, 0.15) is 23.2 Å². The summed E-state index contributed by atoms with van der Waals surface area (Å²) in [6, 6.07) is 9.26. The maximum absolute atomic E-state index is 11.3. The molecule has 0 fully saturated rings. The van der Waals surface area contributed by atoms with E-state index in [-0.39, 0.29) is 5.78 Å². The molecule has 1 unspecified atom stereocenters. The highest BCUT2D eigenvalue weighted by molar-refractivity contribution is 14.1. The molecule has 0 radical (unpaired) electrons. The number of hydrogen-bond donors (Lipinski definition) is 2. The Morgan fingerprint density at radius 3 is 1.89 bits per heavy atom. The fraction of sp³-hybridized carbons (Fsp3) is 0.346. The van der Waals surface area contributed by atoms with Gasteiger partial charge in [0.05, 0.1) is 30.1 Å². The van der Waals surface area contributed by atoms with Gasteiger partial charge in [0.2, 0.25) is 0 Å². The van der Waals surface area contributed by atoms with Crippen LogP contribution in [0.25, 0.3) is 0 Å². The van der Waals surface area contributed by atoms with Crippen LogP contribution in [0.5, 0.6) is 11.5 Å². The van der Waals surface area contributed by atoms with E-state index in [1.807, 2.05) is 52.8 Å². The number of Topliss-reactive ketones (excluding diaryl/α,β-unsaturated/α-hetero) is 1. The highest BCUT2D eigenvalue weighted by Crippen LogP contribution is 2.28. The predicted octanol–water partition coefficient (Wildman–Crippen LogP) is 4.09. The number of benzene rings is 2. The molecule has 1 heterocycles. The monoisotopic (exact) mass is 606 g/mol. The molecule has 0 saturated heterocycles. The van der Waals surface area contributed by atoms with Crippen LogP contribution in [-0.2, 0) is 4.79 Å². The molecule has 0 spiro atoms. The summed E-state index contributed by atoms with van der Waals surface area (Å²) in [5, 5.41) is 30.5. The van der Waals surface area contributed by atoms with E-state index in [0.717, 1.165) is 48.6 Å². The van der Waals surface area contributed by atoms with Crippen molar-refractivity contribution < 1.29 is 28.8 Å². The molecule has 0 aliphatic carbocycles. The Kier molecular flexibility index (Phi) is 12.7. The molecular formula is C26H32BIN2O6. The van der Waals surface area contributed by atoms with Crippen LogP contribution in [0.2, 0.25) is 0 Å². The van der Waals surface area contributed by atoms with Gasteiger partial charge in [0.25, 0.3) is 0 Å². The van der Waals surface area contributed by atoms with E-state index in [2.05, 4.69) is 27.7 Å². The Morgan fingerprint density at radius 2 is 1.53 bits per heavy atom. The van der Waals surface area contributed by atoms with Crippen molar-refractivity contribution in [3.05, 3.63) is 67.6 Å². The number of methoxy groups -OCH3 is 2. The zero-order valence-electron chi connectivity index (χ0n) is 21.8.